The number of thiazole rings is 1. The van der Waals surface area contributed by atoms with Gasteiger partial charge in [0.1, 0.15) is 5.01 Å². The number of fused-ring (bicyclic) bond motifs is 1. The largest absolute Gasteiger partial charge is 0.304 e. The van der Waals surface area contributed by atoms with Crippen LogP contribution in [-0.2, 0) is 6.54 Å². The van der Waals surface area contributed by atoms with Gasteiger partial charge in [0.2, 0.25) is 0 Å². The van der Waals surface area contributed by atoms with E-state index in [-0.39, 0.29) is 6.04 Å². The van der Waals surface area contributed by atoms with E-state index in [4.69, 9.17) is 0 Å². The van der Waals surface area contributed by atoms with Crippen molar-refractivity contribution in [2.24, 2.45) is 0 Å². The Morgan fingerprint density at radius 2 is 2.16 bits per heavy atom. The predicted octanol–water partition coefficient (Wildman–Crippen LogP) is 3.54. The van der Waals surface area contributed by atoms with Crippen molar-refractivity contribution in [1.82, 2.24) is 15.3 Å². The summed E-state index contributed by atoms with van der Waals surface area (Å²) in [4.78, 5) is 8.61. The van der Waals surface area contributed by atoms with Gasteiger partial charge in [0, 0.05) is 41.9 Å². The lowest BCUT2D eigenvalue weighted by atomic mass is 10.0. The highest BCUT2D eigenvalue weighted by Gasteiger charge is 2.09. The molecule has 3 nitrogen and oxygen atoms in total. The fourth-order valence-corrected chi connectivity index (χ4v) is 2.74. The van der Waals surface area contributed by atoms with Gasteiger partial charge >= 0.3 is 0 Å². The van der Waals surface area contributed by atoms with Gasteiger partial charge in [-0.15, -0.1) is 11.3 Å². The van der Waals surface area contributed by atoms with E-state index in [2.05, 4.69) is 40.4 Å². The van der Waals surface area contributed by atoms with Crippen molar-refractivity contribution in [1.29, 1.82) is 0 Å². The van der Waals surface area contributed by atoms with E-state index < -0.39 is 0 Å². The summed E-state index contributed by atoms with van der Waals surface area (Å²) in [5, 5.41) is 9.06. The molecule has 1 unspecified atom stereocenters. The van der Waals surface area contributed by atoms with Crippen LogP contribution in [0.3, 0.4) is 0 Å². The van der Waals surface area contributed by atoms with Crippen LogP contribution in [-0.4, -0.2) is 9.97 Å². The van der Waals surface area contributed by atoms with Crippen molar-refractivity contribution < 1.29 is 0 Å². The smallest absolute Gasteiger partial charge is 0.106 e. The molecular formula is C15H15N3S. The molecule has 3 aromatic rings. The first kappa shape index (κ1) is 12.3. The third-order valence-corrected chi connectivity index (χ3v) is 3.99. The van der Waals surface area contributed by atoms with Crippen LogP contribution in [0.5, 0.6) is 0 Å². The molecule has 0 aliphatic carbocycles. The van der Waals surface area contributed by atoms with Gasteiger partial charge < -0.3 is 5.32 Å². The summed E-state index contributed by atoms with van der Waals surface area (Å²) in [5.41, 5.74) is 1.23. The topological polar surface area (TPSA) is 37.8 Å². The van der Waals surface area contributed by atoms with Gasteiger partial charge in [-0.2, -0.15) is 0 Å². The Kier molecular flexibility index (Phi) is 3.53. The lowest BCUT2D eigenvalue weighted by Gasteiger charge is -2.15. The summed E-state index contributed by atoms with van der Waals surface area (Å²) in [6, 6.07) is 8.61. The summed E-state index contributed by atoms with van der Waals surface area (Å²) in [7, 11) is 0. The highest BCUT2D eigenvalue weighted by atomic mass is 32.1. The summed E-state index contributed by atoms with van der Waals surface area (Å²) < 4.78 is 0. The molecule has 0 aliphatic heterocycles. The Balaban J connectivity index is 1.83. The molecule has 96 valence electrons. The summed E-state index contributed by atoms with van der Waals surface area (Å²) in [6.45, 7) is 2.96. The van der Waals surface area contributed by atoms with E-state index in [9.17, 15) is 0 Å². The Bertz CT molecular complexity index is 659. The fraction of sp³-hybridized carbons (Fsp3) is 0.200. The summed E-state index contributed by atoms with van der Waals surface area (Å²) in [6.07, 6.45) is 5.69. The molecule has 19 heavy (non-hydrogen) atoms. The lowest BCUT2D eigenvalue weighted by molar-refractivity contribution is 0.575. The maximum Gasteiger partial charge on any atom is 0.106 e. The Labute approximate surface area is 116 Å². The Morgan fingerprint density at radius 1 is 1.26 bits per heavy atom. The molecule has 2 heterocycles. The van der Waals surface area contributed by atoms with Crippen molar-refractivity contribution in [2.45, 2.75) is 19.5 Å². The average molecular weight is 269 g/mol. The lowest BCUT2D eigenvalue weighted by Crippen LogP contribution is -2.18. The van der Waals surface area contributed by atoms with E-state index in [0.717, 1.165) is 11.6 Å². The maximum atomic E-state index is 4.33. The second-order valence-electron chi connectivity index (χ2n) is 4.48. The number of nitrogens with zero attached hydrogens (tertiary/aromatic N) is 2. The third kappa shape index (κ3) is 2.64. The Morgan fingerprint density at radius 3 is 3.00 bits per heavy atom. The molecule has 2 aromatic heterocycles. The average Bonchev–Trinajstić information content (AvgIpc) is 2.97. The highest BCUT2D eigenvalue weighted by molar-refractivity contribution is 7.09. The van der Waals surface area contributed by atoms with Gasteiger partial charge in [0.15, 0.2) is 0 Å². The molecule has 0 saturated carbocycles. The van der Waals surface area contributed by atoms with Crippen LogP contribution in [0, 0.1) is 0 Å². The third-order valence-electron chi connectivity index (χ3n) is 3.21. The fourth-order valence-electron chi connectivity index (χ4n) is 2.18. The first-order valence-corrected chi connectivity index (χ1v) is 7.17. The SMILES string of the molecule is CC(NCc1nccs1)c1cncc2ccccc12. The van der Waals surface area contributed by atoms with E-state index in [1.807, 2.05) is 30.0 Å². The number of nitrogens with one attached hydrogen (secondary N) is 1. The minimum atomic E-state index is 0.252. The molecule has 0 fully saturated rings. The molecule has 4 heteroatoms. The minimum Gasteiger partial charge on any atom is -0.304 e. The zero-order valence-corrected chi connectivity index (χ0v) is 11.5. The van der Waals surface area contributed by atoms with Crippen LogP contribution in [0.15, 0.2) is 48.2 Å². The zero-order valence-electron chi connectivity index (χ0n) is 10.7. The quantitative estimate of drug-likeness (QED) is 0.787. The van der Waals surface area contributed by atoms with Crippen molar-refractivity contribution in [3.8, 4) is 0 Å². The molecule has 3 rings (SSSR count). The first-order valence-electron chi connectivity index (χ1n) is 6.29. The van der Waals surface area contributed by atoms with E-state index in [0.29, 0.717) is 0 Å². The van der Waals surface area contributed by atoms with Gasteiger partial charge in [0.25, 0.3) is 0 Å². The van der Waals surface area contributed by atoms with Gasteiger partial charge in [-0.1, -0.05) is 24.3 Å². The molecule has 0 spiro atoms. The van der Waals surface area contributed by atoms with E-state index in [1.165, 1.54) is 16.3 Å². The van der Waals surface area contributed by atoms with Crippen molar-refractivity contribution in [3.05, 3.63) is 58.8 Å². The molecule has 0 radical (unpaired) electrons. The van der Waals surface area contributed by atoms with E-state index in [1.54, 1.807) is 11.3 Å². The zero-order chi connectivity index (χ0) is 13.1. The molecule has 0 aliphatic rings. The molecule has 0 amide bonds. The highest BCUT2D eigenvalue weighted by Crippen LogP contribution is 2.23. The number of pyridine rings is 1. The second-order valence-corrected chi connectivity index (χ2v) is 5.46. The van der Waals surface area contributed by atoms with E-state index >= 15 is 0 Å². The molecule has 1 atom stereocenters. The number of hydrogen-bond acceptors (Lipinski definition) is 4. The Hall–Kier alpha value is -1.78. The number of hydrogen-bond donors (Lipinski definition) is 1. The van der Waals surface area contributed by atoms with Crippen LogP contribution in [0.2, 0.25) is 0 Å². The van der Waals surface area contributed by atoms with Gasteiger partial charge in [0.05, 0.1) is 0 Å². The molecule has 1 aromatic carbocycles. The van der Waals surface area contributed by atoms with Crippen LogP contribution < -0.4 is 5.32 Å². The maximum absolute atomic E-state index is 4.33. The van der Waals surface area contributed by atoms with Gasteiger partial charge in [-0.25, -0.2) is 4.98 Å². The number of rotatable bonds is 4. The standard InChI is InChI=1S/C15H15N3S/c1-11(18-10-15-17-6-7-19-15)14-9-16-8-12-4-2-3-5-13(12)14/h2-9,11,18H,10H2,1H3. The first-order chi connectivity index (χ1) is 9.34. The number of benzene rings is 1. The number of aromatic nitrogens is 2. The monoisotopic (exact) mass is 269 g/mol. The molecule has 1 N–H and O–H groups in total. The molecular weight excluding hydrogens is 254 g/mol. The summed E-state index contributed by atoms with van der Waals surface area (Å²) >= 11 is 1.67. The van der Waals surface area contributed by atoms with Crippen LogP contribution in [0.25, 0.3) is 10.8 Å². The van der Waals surface area contributed by atoms with Gasteiger partial charge in [-0.05, 0) is 17.9 Å². The van der Waals surface area contributed by atoms with Crippen LogP contribution >= 0.6 is 11.3 Å². The van der Waals surface area contributed by atoms with Crippen molar-refractivity contribution >= 4 is 22.1 Å². The molecule has 0 saturated heterocycles. The van der Waals surface area contributed by atoms with Gasteiger partial charge in [-0.3, -0.25) is 4.98 Å². The minimum absolute atomic E-state index is 0.252. The molecule has 0 bridgehead atoms. The summed E-state index contributed by atoms with van der Waals surface area (Å²) in [5.74, 6) is 0. The second kappa shape index (κ2) is 5.47. The normalized spacial score (nSPS) is 12.7. The van der Waals surface area contributed by atoms with Crippen molar-refractivity contribution in [2.75, 3.05) is 0 Å². The predicted molar refractivity (Wildman–Crippen MR) is 79.1 cm³/mol. The van der Waals surface area contributed by atoms with Crippen LogP contribution in [0.4, 0.5) is 0 Å². The van der Waals surface area contributed by atoms with Crippen LogP contribution in [0.1, 0.15) is 23.5 Å². The van der Waals surface area contributed by atoms with Crippen molar-refractivity contribution in [3.63, 3.8) is 0 Å².